The van der Waals surface area contributed by atoms with Gasteiger partial charge in [0.15, 0.2) is 0 Å². The van der Waals surface area contributed by atoms with Crippen molar-refractivity contribution < 1.29 is 0 Å². The number of hydrogen-bond donors (Lipinski definition) is 0. The van der Waals surface area contributed by atoms with Gasteiger partial charge in [-0.1, -0.05) is 100 Å². The minimum atomic E-state index is -0.474. The summed E-state index contributed by atoms with van der Waals surface area (Å²) < 4.78 is 0. The van der Waals surface area contributed by atoms with Crippen LogP contribution in [0.1, 0.15) is 102 Å². The molecule has 0 heteroatoms. The first kappa shape index (κ1) is 33.5. The van der Waals surface area contributed by atoms with Crippen molar-refractivity contribution >= 4 is 280 Å². The third-order valence-corrected chi connectivity index (χ3v) is 27.9. The van der Waals surface area contributed by atoms with Gasteiger partial charge in [0.25, 0.3) is 0 Å². The average Bonchev–Trinajstić information content (AvgIpc) is 1.57. The molecule has 0 aromatic heterocycles. The number of hydrogen-bond acceptors (Lipinski definition) is 0. The molecule has 2 atom stereocenters. The van der Waals surface area contributed by atoms with Gasteiger partial charge in [-0.15, -0.1) is 0 Å². The predicted molar refractivity (Wildman–Crippen MR) is 345 cm³/mol. The largest absolute Gasteiger partial charge is 0.0733 e. The molecule has 81 heavy (non-hydrogen) atoms. The summed E-state index contributed by atoms with van der Waals surface area (Å²) in [5, 5.41) is 86.2. The van der Waals surface area contributed by atoms with Crippen molar-refractivity contribution in [1.29, 1.82) is 0 Å². The zero-order valence-electron chi connectivity index (χ0n) is 43.4. The Morgan fingerprint density at radius 3 is 0.704 bits per heavy atom. The SMILES string of the molecule is CCCCCCCCCc1ccc(C23c4c5c6c7c8c9c%10c%11c(c2c2c%12c3c3c%13c4c6c4c6c7c7c8c8c%10c%10c%14c%11c2c2c%11c%12c%12c3c3c%13c4c4c6c6c7c7c8c%10c8c(c%142)c2c%11c%12c%10c3c4c3c%10c2c8c7c63)C59c2ccccc2)cc1. The quantitative estimate of drug-likeness (QED) is 0.0946. The van der Waals surface area contributed by atoms with Crippen molar-refractivity contribution in [1.82, 2.24) is 0 Å². The van der Waals surface area contributed by atoms with Crippen LogP contribution in [0.15, 0.2) is 54.6 Å². The normalized spacial score (nSPS) is 20.4. The average molecular weight is 1000 g/mol. The molecule has 0 fully saturated rings. The van der Waals surface area contributed by atoms with Crippen LogP contribution in [0.4, 0.5) is 0 Å². The molecule has 0 amide bonds. The second kappa shape index (κ2) is 8.41. The van der Waals surface area contributed by atoms with E-state index in [1.54, 1.807) is 319 Å². The van der Waals surface area contributed by atoms with Gasteiger partial charge in [0.2, 0.25) is 0 Å². The molecule has 29 aromatic rings. The van der Waals surface area contributed by atoms with E-state index in [1.165, 1.54) is 62.5 Å². The molecule has 0 N–H and O–H groups in total. The minimum Gasteiger partial charge on any atom is -0.0654 e. The van der Waals surface area contributed by atoms with Gasteiger partial charge in [0.05, 0.1) is 10.8 Å². The summed E-state index contributed by atoms with van der Waals surface area (Å²) in [4.78, 5) is 0. The van der Waals surface area contributed by atoms with E-state index in [2.05, 4.69) is 61.5 Å². The Balaban J connectivity index is 0.984. The van der Waals surface area contributed by atoms with Crippen molar-refractivity contribution in [2.75, 3.05) is 0 Å². The minimum absolute atomic E-state index is 0.469. The highest BCUT2D eigenvalue weighted by molar-refractivity contribution is 6.81. The van der Waals surface area contributed by atoms with Gasteiger partial charge in [0, 0.05) is 0 Å². The van der Waals surface area contributed by atoms with Crippen LogP contribution >= 0.6 is 0 Å². The van der Waals surface area contributed by atoms with Gasteiger partial charge in [-0.25, -0.2) is 0 Å². The summed E-state index contributed by atoms with van der Waals surface area (Å²) in [5.41, 5.74) is 13.9. The van der Waals surface area contributed by atoms with Gasteiger partial charge < -0.3 is 0 Å². The lowest BCUT2D eigenvalue weighted by molar-refractivity contribution is 0.589. The van der Waals surface area contributed by atoms with Gasteiger partial charge in [0.1, 0.15) is 0 Å². The monoisotopic (exact) mass is 1000 g/mol. The van der Waals surface area contributed by atoms with Crippen molar-refractivity contribution in [3.8, 4) is 0 Å². The van der Waals surface area contributed by atoms with E-state index in [-0.39, 0.29) is 0 Å². The lowest BCUT2D eigenvalue weighted by atomic mass is 9.51. The van der Waals surface area contributed by atoms with Crippen LogP contribution in [0.3, 0.4) is 0 Å². The Kier molecular flexibility index (Phi) is 3.48. The van der Waals surface area contributed by atoms with E-state index in [0.717, 1.165) is 0 Å². The topological polar surface area (TPSA) is 0 Å². The molecule has 2 unspecified atom stereocenters. The summed E-state index contributed by atoms with van der Waals surface area (Å²) in [6, 6.07) is 23.2. The molecule has 0 saturated heterocycles. The van der Waals surface area contributed by atoms with Crippen LogP contribution in [0, 0.1) is 0 Å². The maximum absolute atomic E-state index is 2.74. The van der Waals surface area contributed by atoms with Gasteiger partial charge >= 0.3 is 0 Å². The van der Waals surface area contributed by atoms with E-state index < -0.39 is 10.8 Å². The fourth-order valence-corrected chi connectivity index (χ4v) is 27.0. The fraction of sp³-hybridized carbons (Fsp3) is 0.136. The van der Waals surface area contributed by atoms with Crippen LogP contribution in [-0.4, -0.2) is 0 Å². The Morgan fingerprint density at radius 2 is 0.407 bits per heavy atom. The van der Waals surface area contributed by atoms with E-state index in [1.807, 2.05) is 0 Å². The molecule has 352 valence electrons. The Hall–Kier alpha value is -9.10. The van der Waals surface area contributed by atoms with E-state index >= 15 is 0 Å². The van der Waals surface area contributed by atoms with Crippen LogP contribution in [0.2, 0.25) is 0 Å². The molecule has 0 aliphatic heterocycles. The number of rotatable bonds is 10. The van der Waals surface area contributed by atoms with E-state index in [0.29, 0.717) is 0 Å². The van der Waals surface area contributed by atoms with Crippen LogP contribution in [0.5, 0.6) is 0 Å². The molecule has 0 nitrogen and oxygen atoms in total. The van der Waals surface area contributed by atoms with E-state index in [9.17, 15) is 0 Å². The number of benzene rings is 19. The molecular weight excluding hydrogens is 973 g/mol. The van der Waals surface area contributed by atoms with E-state index in [4.69, 9.17) is 0 Å². The van der Waals surface area contributed by atoms with Crippen LogP contribution < -0.4 is 0 Å². The zero-order chi connectivity index (χ0) is 49.2. The molecule has 0 spiro atoms. The zero-order valence-corrected chi connectivity index (χ0v) is 43.4. The lowest BCUT2D eigenvalue weighted by Gasteiger charge is -2.49. The standard InChI is InChI=1S/C81H28/c1-2-3-4-5-6-7-9-12-19-15-17-21(18-16-19)81-75-67-58-51-38-31-25-24-26-22-23-27(25)36(38)42-40-29(23)32-28(22)39-41-35(26)37-30(24)33-34(31)45-52-44(33)53-50(37)57-55(41)59-46(39)48-43(32)49-47(40)60(56(42)58)71(75)73-62(49)61(48)72-70(59)74-66(57)63(53)68-65(52)69(64(67)54(45)51)77(81)76(68)80(74,78(72)79(73)81)20-13-10-8-11-14-20/h8,10-11,13-18H,2-7,9,12H2,1H3. The summed E-state index contributed by atoms with van der Waals surface area (Å²) >= 11 is 0. The van der Waals surface area contributed by atoms with Gasteiger partial charge in [-0.2, -0.15) is 0 Å². The second-order valence-corrected chi connectivity index (χ2v) is 29.2. The first-order chi connectivity index (χ1) is 40.4. The third kappa shape index (κ3) is 2.08. The van der Waals surface area contributed by atoms with Gasteiger partial charge in [-0.3, -0.25) is 0 Å². The number of unbranched alkanes of at least 4 members (excludes halogenated alkanes) is 6. The molecular formula is C81H28. The highest BCUT2D eigenvalue weighted by atomic mass is 14.7. The molecule has 0 heterocycles. The number of aryl methyl sites for hydroxylation is 1. The molecule has 29 aromatic carbocycles. The third-order valence-electron chi connectivity index (χ3n) is 27.9. The smallest absolute Gasteiger partial charge is 0.0654 e. The summed E-state index contributed by atoms with van der Waals surface area (Å²) in [5.74, 6) is 0. The summed E-state index contributed by atoms with van der Waals surface area (Å²) in [7, 11) is 0. The van der Waals surface area contributed by atoms with Crippen molar-refractivity contribution in [2.45, 2.75) is 69.1 Å². The van der Waals surface area contributed by atoms with Crippen LogP contribution in [0.25, 0.3) is 280 Å². The fourth-order valence-electron chi connectivity index (χ4n) is 27.0. The van der Waals surface area contributed by atoms with Gasteiger partial charge in [-0.05, 0) is 343 Å². The predicted octanol–water partition coefficient (Wildman–Crippen LogP) is 22.4. The Morgan fingerprint density at radius 1 is 0.198 bits per heavy atom. The molecule has 0 bridgehead atoms. The van der Waals surface area contributed by atoms with Crippen LogP contribution in [-0.2, 0) is 17.3 Å². The Labute approximate surface area is 451 Å². The molecule has 34 rings (SSSR count). The maximum atomic E-state index is 2.74. The highest BCUT2D eigenvalue weighted by Crippen LogP contribution is 2.85. The highest BCUT2D eigenvalue weighted by Gasteiger charge is 2.67. The molecule has 5 aliphatic rings. The van der Waals surface area contributed by atoms with Crippen molar-refractivity contribution in [2.24, 2.45) is 0 Å². The second-order valence-electron chi connectivity index (χ2n) is 29.2. The molecule has 0 saturated carbocycles. The summed E-state index contributed by atoms with van der Waals surface area (Å²) in [6.07, 6.45) is 10.6. The Bertz CT molecular complexity index is 7890. The summed E-state index contributed by atoms with van der Waals surface area (Å²) in [6.45, 7) is 2.34. The first-order valence-corrected chi connectivity index (χ1v) is 31.3. The lowest BCUT2D eigenvalue weighted by Crippen LogP contribution is -2.44. The van der Waals surface area contributed by atoms with Crippen molar-refractivity contribution in [3.63, 3.8) is 0 Å². The molecule has 0 radical (unpaired) electrons. The maximum Gasteiger partial charge on any atom is 0.0733 e. The molecule has 5 aliphatic carbocycles. The first-order valence-electron chi connectivity index (χ1n) is 31.3. The van der Waals surface area contributed by atoms with Crippen molar-refractivity contribution in [3.05, 3.63) is 105 Å².